The van der Waals surface area contributed by atoms with E-state index in [4.69, 9.17) is 31.8 Å². The van der Waals surface area contributed by atoms with Gasteiger partial charge < -0.3 is 32.7 Å². The number of imidazole rings is 1. The number of nitrogens with zero attached hydrogens (tertiary/aromatic N) is 4. The van der Waals surface area contributed by atoms with Crippen molar-refractivity contribution in [3.8, 4) is 0 Å². The smallest absolute Gasteiger partial charge is 0.167 e. The van der Waals surface area contributed by atoms with Crippen LogP contribution in [0.5, 0.6) is 0 Å². The molecule has 0 spiro atoms. The lowest BCUT2D eigenvalue weighted by atomic mass is 10.1. The molecule has 28 heavy (non-hydrogen) atoms. The van der Waals surface area contributed by atoms with E-state index in [9.17, 15) is 10.00 Å². The van der Waals surface area contributed by atoms with E-state index in [2.05, 4.69) is 15.0 Å². The zero-order valence-corrected chi connectivity index (χ0v) is 16.9. The lowest BCUT2D eigenvalue weighted by Crippen LogP contribution is -2.28. The van der Waals surface area contributed by atoms with Gasteiger partial charge >= 0.3 is 0 Å². The largest absolute Gasteiger partial charge is 0.649 e. The highest BCUT2D eigenvalue weighted by Gasteiger charge is 2.37. The van der Waals surface area contributed by atoms with Gasteiger partial charge in [0, 0.05) is 6.42 Å². The first-order chi connectivity index (χ1) is 13.4. The molecule has 0 radical (unpaired) electrons. The van der Waals surface area contributed by atoms with Crippen LogP contribution in [0.25, 0.3) is 11.2 Å². The fourth-order valence-corrected chi connectivity index (χ4v) is 4.85. The van der Waals surface area contributed by atoms with Crippen molar-refractivity contribution in [3.63, 3.8) is 0 Å². The van der Waals surface area contributed by atoms with Gasteiger partial charge in [0.2, 0.25) is 0 Å². The van der Waals surface area contributed by atoms with Crippen molar-refractivity contribution in [2.45, 2.75) is 50.5 Å². The second-order valence-corrected chi connectivity index (χ2v) is 9.96. The van der Waals surface area contributed by atoms with Gasteiger partial charge in [0.05, 0.1) is 19.0 Å². The Hall–Kier alpha value is -1.07. The van der Waals surface area contributed by atoms with Crippen molar-refractivity contribution in [3.05, 3.63) is 12.7 Å². The molecule has 2 aliphatic rings. The highest BCUT2D eigenvalue weighted by atomic mass is 32.7. The van der Waals surface area contributed by atoms with Gasteiger partial charge in [0.15, 0.2) is 11.5 Å². The van der Waals surface area contributed by atoms with Crippen LogP contribution in [0.2, 0.25) is 0 Å². The second kappa shape index (κ2) is 8.35. The van der Waals surface area contributed by atoms with Gasteiger partial charge in [-0.05, 0) is 18.8 Å². The number of fused-ring (bicyclic) bond motifs is 1. The predicted molar refractivity (Wildman–Crippen MR) is 102 cm³/mol. The molecule has 12 heteroatoms. The summed E-state index contributed by atoms with van der Waals surface area (Å²) in [5.41, 5.74) is 6.78. The predicted octanol–water partition coefficient (Wildman–Crippen LogP) is 0.865. The van der Waals surface area contributed by atoms with Gasteiger partial charge in [-0.25, -0.2) is 24.0 Å². The Bertz CT molecular complexity index is 818. The summed E-state index contributed by atoms with van der Waals surface area (Å²) in [4.78, 5) is 24.6. The number of aromatic nitrogens is 4. The van der Waals surface area contributed by atoms with Crippen LogP contribution in [0.4, 0.5) is 5.82 Å². The third-order valence-electron chi connectivity index (χ3n) is 5.24. The number of hydrogen-bond donors (Lipinski definition) is 2. The SMILES string of the molecule is Nc1ncnc2c1ncn2[C@H]1C[C@H](O)[C@@H](CO[P+]([O-])([S-])OCC2CCCC2)O1. The monoisotopic (exact) mass is 428 g/mol. The van der Waals surface area contributed by atoms with Gasteiger partial charge in [0.1, 0.15) is 37.9 Å². The zero-order chi connectivity index (χ0) is 19.7. The Kier molecular flexibility index (Phi) is 6.03. The van der Waals surface area contributed by atoms with Crippen LogP contribution >= 0.6 is 7.15 Å². The molecule has 3 heterocycles. The normalized spacial score (nSPS) is 28.2. The van der Waals surface area contributed by atoms with Crippen LogP contribution in [0, 0.1) is 5.92 Å². The van der Waals surface area contributed by atoms with Crippen LogP contribution in [0.3, 0.4) is 0 Å². The standard InChI is InChI=1S/C16H24N5O5PS/c17-15-14-16(19-8-18-15)21(9-20-14)13-5-11(22)12(26-13)7-25-27(23,28)24-6-10-3-1-2-4-10/h8-13,22H,1-7H2,(H,23,28)(H2,17,18,19)/p-1/t11-,12+,13+,27?/m0/s1. The summed E-state index contributed by atoms with van der Waals surface area (Å²) < 4.78 is 18.2. The Balaban J connectivity index is 1.34. The first-order valence-corrected chi connectivity index (χ1v) is 11.9. The molecule has 4 atom stereocenters. The Morgan fingerprint density at radius 1 is 1.29 bits per heavy atom. The van der Waals surface area contributed by atoms with E-state index in [1.807, 2.05) is 0 Å². The van der Waals surface area contributed by atoms with E-state index >= 15 is 0 Å². The summed E-state index contributed by atoms with van der Waals surface area (Å²) in [6.07, 6.45) is 5.64. The van der Waals surface area contributed by atoms with E-state index in [1.165, 1.54) is 19.2 Å². The van der Waals surface area contributed by atoms with Crippen LogP contribution in [-0.2, 0) is 26.0 Å². The number of rotatable bonds is 7. The molecule has 4 rings (SSSR count). The molecule has 2 fully saturated rings. The van der Waals surface area contributed by atoms with E-state index < -0.39 is 25.6 Å². The quantitative estimate of drug-likeness (QED) is 0.482. The van der Waals surface area contributed by atoms with Crippen LogP contribution in [-0.4, -0.2) is 50.0 Å². The van der Waals surface area contributed by atoms with E-state index in [1.54, 1.807) is 10.9 Å². The van der Waals surface area contributed by atoms with Crippen molar-refractivity contribution in [2.75, 3.05) is 18.9 Å². The van der Waals surface area contributed by atoms with Crippen LogP contribution < -0.4 is 10.6 Å². The Labute approximate surface area is 168 Å². The van der Waals surface area contributed by atoms with Gasteiger partial charge in [0.25, 0.3) is 0 Å². The molecule has 1 saturated heterocycles. The maximum Gasteiger partial charge on any atom is 0.167 e. The molecule has 0 bridgehead atoms. The Morgan fingerprint density at radius 3 is 2.82 bits per heavy atom. The maximum absolute atomic E-state index is 12.3. The first kappa shape index (κ1) is 20.2. The summed E-state index contributed by atoms with van der Waals surface area (Å²) in [5.74, 6) is 0.662. The molecule has 1 aliphatic heterocycles. The summed E-state index contributed by atoms with van der Waals surface area (Å²) in [6, 6.07) is 0. The van der Waals surface area contributed by atoms with Gasteiger partial charge in [-0.2, -0.15) is 0 Å². The van der Waals surface area contributed by atoms with Gasteiger partial charge in [-0.3, -0.25) is 4.57 Å². The lowest BCUT2D eigenvalue weighted by molar-refractivity contribution is -0.213. The topological polar surface area (TPSA) is 141 Å². The molecule has 0 aromatic carbocycles. The number of nitrogen functional groups attached to an aromatic ring is 1. The highest BCUT2D eigenvalue weighted by Crippen LogP contribution is 2.51. The average Bonchev–Trinajstić information content (AvgIpc) is 3.39. The number of aliphatic hydroxyl groups is 1. The summed E-state index contributed by atoms with van der Waals surface area (Å²) in [7, 11) is -3.61. The fourth-order valence-electron chi connectivity index (χ4n) is 3.69. The minimum Gasteiger partial charge on any atom is -0.649 e. The number of hydrogen-bond acceptors (Lipinski definition) is 10. The number of aliphatic hydroxyl groups excluding tert-OH is 1. The average molecular weight is 428 g/mol. The third kappa shape index (κ3) is 4.40. The zero-order valence-electron chi connectivity index (χ0n) is 15.2. The van der Waals surface area contributed by atoms with Crippen molar-refractivity contribution >= 4 is 36.4 Å². The number of anilines is 1. The molecule has 154 valence electrons. The molecule has 1 saturated carbocycles. The van der Waals surface area contributed by atoms with E-state index in [0.717, 1.165) is 12.8 Å². The fraction of sp³-hybridized carbons (Fsp3) is 0.688. The molecule has 1 aliphatic carbocycles. The van der Waals surface area contributed by atoms with E-state index in [0.29, 0.717) is 30.1 Å². The molecule has 3 N–H and O–H groups in total. The molecule has 1 unspecified atom stereocenters. The molecule has 0 amide bonds. The number of ether oxygens (including phenoxy) is 1. The van der Waals surface area contributed by atoms with Gasteiger partial charge in [-0.1, -0.05) is 12.8 Å². The van der Waals surface area contributed by atoms with Crippen LogP contribution in [0.1, 0.15) is 38.3 Å². The molecule has 10 nitrogen and oxygen atoms in total. The second-order valence-electron chi connectivity index (χ2n) is 7.20. The van der Waals surface area contributed by atoms with Crippen molar-refractivity contribution in [2.24, 2.45) is 5.92 Å². The lowest BCUT2D eigenvalue weighted by Gasteiger charge is -2.34. The third-order valence-corrected chi connectivity index (χ3v) is 6.80. The van der Waals surface area contributed by atoms with Crippen LogP contribution in [0.15, 0.2) is 12.7 Å². The minimum atomic E-state index is -3.61. The van der Waals surface area contributed by atoms with Crippen molar-refractivity contribution in [1.29, 1.82) is 0 Å². The molecular formula is C16H23N5O5PS-. The molecular weight excluding hydrogens is 405 g/mol. The highest BCUT2D eigenvalue weighted by molar-refractivity contribution is 8.34. The summed E-state index contributed by atoms with van der Waals surface area (Å²) >= 11 is 4.97. The minimum absolute atomic E-state index is 0.118. The number of nitrogens with two attached hydrogens (primary N) is 1. The molecule has 2 aromatic heterocycles. The van der Waals surface area contributed by atoms with Crippen molar-refractivity contribution in [1.82, 2.24) is 19.5 Å². The summed E-state index contributed by atoms with van der Waals surface area (Å²) in [5, 5.41) is 10.3. The Morgan fingerprint density at radius 2 is 2.04 bits per heavy atom. The first-order valence-electron chi connectivity index (χ1n) is 9.29. The van der Waals surface area contributed by atoms with Gasteiger partial charge in [-0.15, -0.1) is 0 Å². The summed E-state index contributed by atoms with van der Waals surface area (Å²) in [6.45, 7) is 0.229. The molecule has 2 aromatic rings. The van der Waals surface area contributed by atoms with Crippen molar-refractivity contribution < 1.29 is 23.8 Å². The van der Waals surface area contributed by atoms with E-state index in [-0.39, 0.29) is 12.4 Å². The maximum atomic E-state index is 12.3.